The highest BCUT2D eigenvalue weighted by Gasteiger charge is 2.33. The van der Waals surface area contributed by atoms with E-state index in [0.717, 1.165) is 0 Å². The van der Waals surface area contributed by atoms with Crippen LogP contribution in [0, 0.1) is 0 Å². The summed E-state index contributed by atoms with van der Waals surface area (Å²) >= 11 is 0. The Balaban J connectivity index is 2.12. The van der Waals surface area contributed by atoms with E-state index in [1.54, 1.807) is 39.8 Å². The van der Waals surface area contributed by atoms with Crippen LogP contribution in [0.4, 0.5) is 4.79 Å². The van der Waals surface area contributed by atoms with Gasteiger partial charge in [0.2, 0.25) is 0 Å². The van der Waals surface area contributed by atoms with Gasteiger partial charge in [0, 0.05) is 0 Å². The molecule has 0 radical (unpaired) electrons. The monoisotopic (exact) mass is 389 g/mol. The standard InChI is InChI=1S/C19H23N3O6/c1-11-20-14(9-12-5-7-13(23)8-6-12)16(24)22(11)10-15(17(25)26)21-18(27)28-19(2,3)4/h5-9,15,23H,10H2,1-4H3,(H,21,27)(H,25,26)/b14-9+/t15-/m0/s1. The Kier molecular flexibility index (Phi) is 6.07. The number of alkyl carbamates (subject to hydrolysis) is 1. The topological polar surface area (TPSA) is 129 Å². The number of ether oxygens (including phenoxy) is 1. The Hall–Kier alpha value is -3.36. The van der Waals surface area contributed by atoms with Crippen LogP contribution in [0.2, 0.25) is 0 Å². The molecule has 150 valence electrons. The molecule has 2 rings (SSSR count). The molecule has 9 heteroatoms. The largest absolute Gasteiger partial charge is 0.508 e. The van der Waals surface area contributed by atoms with Crippen molar-refractivity contribution < 1.29 is 29.3 Å². The fourth-order valence-corrected chi connectivity index (χ4v) is 2.42. The lowest BCUT2D eigenvalue weighted by Gasteiger charge is -2.24. The number of amidine groups is 1. The van der Waals surface area contributed by atoms with Gasteiger partial charge in [-0.3, -0.25) is 9.69 Å². The number of amides is 2. The third-order valence-corrected chi connectivity index (χ3v) is 3.69. The highest BCUT2D eigenvalue weighted by Crippen LogP contribution is 2.20. The fraction of sp³-hybridized carbons (Fsp3) is 0.368. The average Bonchev–Trinajstić information content (AvgIpc) is 2.82. The number of carbonyl (C=O) groups excluding carboxylic acids is 2. The number of carboxylic acids is 1. The predicted octanol–water partition coefficient (Wildman–Crippen LogP) is 1.97. The van der Waals surface area contributed by atoms with Crippen LogP contribution in [0.3, 0.4) is 0 Å². The van der Waals surface area contributed by atoms with E-state index in [0.29, 0.717) is 11.4 Å². The van der Waals surface area contributed by atoms with Crippen molar-refractivity contribution in [3.63, 3.8) is 0 Å². The molecule has 1 aromatic carbocycles. The summed E-state index contributed by atoms with van der Waals surface area (Å²) in [6.45, 7) is 6.24. The number of rotatable bonds is 5. The van der Waals surface area contributed by atoms with Crippen LogP contribution in [0.5, 0.6) is 5.75 Å². The summed E-state index contributed by atoms with van der Waals surface area (Å²) in [7, 11) is 0. The molecule has 1 aromatic rings. The van der Waals surface area contributed by atoms with Crippen LogP contribution in [0.1, 0.15) is 33.3 Å². The number of nitrogens with zero attached hydrogens (tertiary/aromatic N) is 2. The maximum atomic E-state index is 12.6. The van der Waals surface area contributed by atoms with E-state index in [9.17, 15) is 24.6 Å². The van der Waals surface area contributed by atoms with Gasteiger partial charge in [0.05, 0.1) is 6.54 Å². The molecule has 1 heterocycles. The first kappa shape index (κ1) is 20.9. The van der Waals surface area contributed by atoms with Crippen molar-refractivity contribution in [1.29, 1.82) is 0 Å². The summed E-state index contributed by atoms with van der Waals surface area (Å²) in [4.78, 5) is 41.4. The summed E-state index contributed by atoms with van der Waals surface area (Å²) in [6.07, 6.45) is 0.642. The normalized spacial score (nSPS) is 16.7. The zero-order valence-electron chi connectivity index (χ0n) is 16.1. The van der Waals surface area contributed by atoms with Crippen LogP contribution in [0.15, 0.2) is 35.0 Å². The summed E-state index contributed by atoms with van der Waals surface area (Å²) < 4.78 is 5.07. The maximum Gasteiger partial charge on any atom is 0.408 e. The van der Waals surface area contributed by atoms with E-state index in [1.807, 2.05) is 0 Å². The van der Waals surface area contributed by atoms with Gasteiger partial charge in [-0.05, 0) is 51.5 Å². The lowest BCUT2D eigenvalue weighted by Crippen LogP contribution is -2.51. The van der Waals surface area contributed by atoms with Gasteiger partial charge < -0.3 is 20.3 Å². The molecule has 0 aromatic heterocycles. The van der Waals surface area contributed by atoms with Crippen molar-refractivity contribution in [2.24, 2.45) is 4.99 Å². The van der Waals surface area contributed by atoms with Crippen molar-refractivity contribution >= 4 is 29.9 Å². The van der Waals surface area contributed by atoms with Gasteiger partial charge in [-0.1, -0.05) is 12.1 Å². The van der Waals surface area contributed by atoms with Crippen molar-refractivity contribution in [2.45, 2.75) is 39.3 Å². The molecule has 0 saturated heterocycles. The smallest absolute Gasteiger partial charge is 0.408 e. The van der Waals surface area contributed by atoms with Gasteiger partial charge >= 0.3 is 12.1 Å². The lowest BCUT2D eigenvalue weighted by molar-refractivity contribution is -0.140. The van der Waals surface area contributed by atoms with Gasteiger partial charge in [0.15, 0.2) is 0 Å². The molecule has 0 saturated carbocycles. The lowest BCUT2D eigenvalue weighted by atomic mass is 10.2. The first-order valence-corrected chi connectivity index (χ1v) is 8.56. The Labute approximate surface area is 162 Å². The number of carbonyl (C=O) groups is 3. The number of hydrogen-bond acceptors (Lipinski definition) is 6. The minimum Gasteiger partial charge on any atom is -0.508 e. The number of aliphatic carboxylic acids is 1. The molecule has 0 bridgehead atoms. The molecule has 0 unspecified atom stereocenters. The van der Waals surface area contributed by atoms with E-state index >= 15 is 0 Å². The molecule has 0 spiro atoms. The number of nitrogens with one attached hydrogen (secondary N) is 1. The highest BCUT2D eigenvalue weighted by molar-refractivity contribution is 6.13. The SMILES string of the molecule is CC1=N/C(=C/c2ccc(O)cc2)C(=O)N1C[C@H](NC(=O)OC(C)(C)C)C(=O)O. The molecule has 1 aliphatic heterocycles. The van der Waals surface area contributed by atoms with E-state index in [2.05, 4.69) is 10.3 Å². The Bertz CT molecular complexity index is 836. The van der Waals surface area contributed by atoms with Gasteiger partial charge in [-0.25, -0.2) is 14.6 Å². The number of carboxylic acid groups (broad SMARTS) is 1. The Morgan fingerprint density at radius 3 is 2.43 bits per heavy atom. The number of aliphatic imine (C=N–C) groups is 1. The molecule has 28 heavy (non-hydrogen) atoms. The van der Waals surface area contributed by atoms with Gasteiger partial charge in [-0.15, -0.1) is 0 Å². The summed E-state index contributed by atoms with van der Waals surface area (Å²) in [5.74, 6) is -1.38. The molecular formula is C19H23N3O6. The maximum absolute atomic E-state index is 12.6. The van der Waals surface area contributed by atoms with E-state index < -0.39 is 29.6 Å². The van der Waals surface area contributed by atoms with E-state index in [-0.39, 0.29) is 18.0 Å². The Morgan fingerprint density at radius 2 is 1.89 bits per heavy atom. The number of benzene rings is 1. The van der Waals surface area contributed by atoms with Crippen LogP contribution in [0.25, 0.3) is 6.08 Å². The summed E-state index contributed by atoms with van der Waals surface area (Å²) in [5, 5.41) is 21.0. The zero-order valence-corrected chi connectivity index (χ0v) is 16.1. The van der Waals surface area contributed by atoms with Crippen LogP contribution < -0.4 is 5.32 Å². The fourth-order valence-electron chi connectivity index (χ4n) is 2.42. The van der Waals surface area contributed by atoms with Crippen molar-refractivity contribution in [2.75, 3.05) is 6.54 Å². The van der Waals surface area contributed by atoms with Crippen LogP contribution in [-0.4, -0.2) is 57.1 Å². The number of hydrogen-bond donors (Lipinski definition) is 3. The molecule has 9 nitrogen and oxygen atoms in total. The third-order valence-electron chi connectivity index (χ3n) is 3.69. The predicted molar refractivity (Wildman–Crippen MR) is 102 cm³/mol. The molecule has 0 aliphatic carbocycles. The number of phenolic OH excluding ortho intramolecular Hbond substituents is 1. The minimum absolute atomic E-state index is 0.0960. The molecular weight excluding hydrogens is 366 g/mol. The van der Waals surface area contributed by atoms with Crippen molar-refractivity contribution in [3.8, 4) is 5.75 Å². The quantitative estimate of drug-likeness (QED) is 0.661. The third kappa shape index (κ3) is 5.57. The average molecular weight is 389 g/mol. The Morgan fingerprint density at radius 1 is 1.29 bits per heavy atom. The first-order chi connectivity index (χ1) is 13.0. The first-order valence-electron chi connectivity index (χ1n) is 8.56. The second-order valence-electron chi connectivity index (χ2n) is 7.23. The minimum atomic E-state index is -1.36. The van der Waals surface area contributed by atoms with Crippen LogP contribution in [-0.2, 0) is 14.3 Å². The molecule has 1 aliphatic rings. The second-order valence-corrected chi connectivity index (χ2v) is 7.23. The van der Waals surface area contributed by atoms with Crippen molar-refractivity contribution in [3.05, 3.63) is 35.5 Å². The van der Waals surface area contributed by atoms with Crippen molar-refractivity contribution in [1.82, 2.24) is 10.2 Å². The molecule has 2 amide bonds. The molecule has 3 N–H and O–H groups in total. The summed E-state index contributed by atoms with van der Waals surface area (Å²) in [6, 6.07) is 4.83. The van der Waals surface area contributed by atoms with Gasteiger partial charge in [0.25, 0.3) is 5.91 Å². The second kappa shape index (κ2) is 8.12. The van der Waals surface area contributed by atoms with Gasteiger partial charge in [-0.2, -0.15) is 0 Å². The highest BCUT2D eigenvalue weighted by atomic mass is 16.6. The van der Waals surface area contributed by atoms with Crippen LogP contribution >= 0.6 is 0 Å². The number of aromatic hydroxyl groups is 1. The molecule has 0 fully saturated rings. The summed E-state index contributed by atoms with van der Waals surface area (Å²) in [5.41, 5.74) is -0.000571. The molecule has 1 atom stereocenters. The number of phenols is 1. The van der Waals surface area contributed by atoms with Gasteiger partial charge in [0.1, 0.15) is 28.9 Å². The van der Waals surface area contributed by atoms with E-state index in [4.69, 9.17) is 4.74 Å². The zero-order chi connectivity index (χ0) is 21.1. The van der Waals surface area contributed by atoms with E-state index in [1.165, 1.54) is 23.1 Å².